The molecule has 0 aliphatic carbocycles. The Morgan fingerprint density at radius 3 is 2.85 bits per heavy atom. The SMILES string of the molecule is C/C=C/c1ccc(OCc2cc([N+](=O)[O-])cc3c2OCOC3)c(OC)c1. The second-order valence-corrected chi connectivity index (χ2v) is 5.66. The first-order chi connectivity index (χ1) is 12.6. The minimum Gasteiger partial charge on any atom is -0.493 e. The lowest BCUT2D eigenvalue weighted by Gasteiger charge is -2.21. The van der Waals surface area contributed by atoms with Crippen LogP contribution in [0.15, 0.2) is 36.4 Å². The van der Waals surface area contributed by atoms with Crippen LogP contribution >= 0.6 is 0 Å². The van der Waals surface area contributed by atoms with Crippen LogP contribution in [0.4, 0.5) is 5.69 Å². The smallest absolute Gasteiger partial charge is 0.270 e. The highest BCUT2D eigenvalue weighted by molar-refractivity contribution is 5.56. The maximum atomic E-state index is 11.2. The van der Waals surface area contributed by atoms with Gasteiger partial charge in [-0.05, 0) is 24.6 Å². The molecule has 136 valence electrons. The molecule has 0 fully saturated rings. The number of nitro benzene ring substituents is 1. The van der Waals surface area contributed by atoms with Gasteiger partial charge in [-0.1, -0.05) is 18.2 Å². The first-order valence-corrected chi connectivity index (χ1v) is 8.06. The molecule has 0 saturated carbocycles. The third kappa shape index (κ3) is 3.78. The molecule has 0 bridgehead atoms. The van der Waals surface area contributed by atoms with Crippen molar-refractivity contribution in [2.45, 2.75) is 20.1 Å². The van der Waals surface area contributed by atoms with Gasteiger partial charge in [-0.3, -0.25) is 10.1 Å². The van der Waals surface area contributed by atoms with Crippen molar-refractivity contribution in [1.82, 2.24) is 0 Å². The molecular formula is C19H19NO6. The van der Waals surface area contributed by atoms with Gasteiger partial charge in [0.05, 0.1) is 18.6 Å². The third-order valence-corrected chi connectivity index (χ3v) is 3.91. The van der Waals surface area contributed by atoms with Gasteiger partial charge < -0.3 is 18.9 Å². The summed E-state index contributed by atoms with van der Waals surface area (Å²) < 4.78 is 22.0. The zero-order chi connectivity index (χ0) is 18.5. The Kier molecular flexibility index (Phi) is 5.38. The van der Waals surface area contributed by atoms with Crippen molar-refractivity contribution in [3.63, 3.8) is 0 Å². The molecule has 1 aliphatic heterocycles. The van der Waals surface area contributed by atoms with Crippen LogP contribution in [-0.2, 0) is 18.0 Å². The molecule has 0 N–H and O–H groups in total. The Balaban J connectivity index is 1.87. The predicted molar refractivity (Wildman–Crippen MR) is 95.4 cm³/mol. The predicted octanol–water partition coefficient (Wildman–Crippen LogP) is 4.08. The molecule has 26 heavy (non-hydrogen) atoms. The maximum absolute atomic E-state index is 11.2. The summed E-state index contributed by atoms with van der Waals surface area (Å²) in [7, 11) is 1.57. The largest absolute Gasteiger partial charge is 0.493 e. The fourth-order valence-electron chi connectivity index (χ4n) is 2.75. The van der Waals surface area contributed by atoms with Gasteiger partial charge in [0.25, 0.3) is 5.69 Å². The number of ether oxygens (including phenoxy) is 4. The van der Waals surface area contributed by atoms with Crippen molar-refractivity contribution in [2.75, 3.05) is 13.9 Å². The number of nitro groups is 1. The number of allylic oxidation sites excluding steroid dienone is 1. The highest BCUT2D eigenvalue weighted by Gasteiger charge is 2.21. The van der Waals surface area contributed by atoms with E-state index >= 15 is 0 Å². The fourth-order valence-corrected chi connectivity index (χ4v) is 2.75. The molecule has 7 heteroatoms. The fraction of sp³-hybridized carbons (Fsp3) is 0.263. The van der Waals surface area contributed by atoms with E-state index in [1.165, 1.54) is 12.1 Å². The van der Waals surface area contributed by atoms with Crippen molar-refractivity contribution < 1.29 is 23.9 Å². The van der Waals surface area contributed by atoms with E-state index in [9.17, 15) is 10.1 Å². The number of hydrogen-bond donors (Lipinski definition) is 0. The summed E-state index contributed by atoms with van der Waals surface area (Å²) in [5, 5.41) is 11.2. The van der Waals surface area contributed by atoms with Gasteiger partial charge >= 0.3 is 0 Å². The molecular weight excluding hydrogens is 338 g/mol. The Morgan fingerprint density at radius 2 is 2.12 bits per heavy atom. The number of methoxy groups -OCH3 is 1. The molecule has 0 saturated heterocycles. The Labute approximate surface area is 150 Å². The summed E-state index contributed by atoms with van der Waals surface area (Å²) in [5.74, 6) is 1.71. The molecule has 0 atom stereocenters. The molecule has 0 unspecified atom stereocenters. The Morgan fingerprint density at radius 1 is 1.27 bits per heavy atom. The van der Waals surface area contributed by atoms with E-state index in [1.807, 2.05) is 37.3 Å². The number of rotatable bonds is 6. The van der Waals surface area contributed by atoms with E-state index < -0.39 is 4.92 Å². The number of non-ortho nitro benzene ring substituents is 1. The van der Waals surface area contributed by atoms with Gasteiger partial charge in [0.2, 0.25) is 0 Å². The number of fused-ring (bicyclic) bond motifs is 1. The summed E-state index contributed by atoms with van der Waals surface area (Å²) in [6, 6.07) is 8.50. The maximum Gasteiger partial charge on any atom is 0.270 e. The molecule has 7 nitrogen and oxygen atoms in total. The van der Waals surface area contributed by atoms with Gasteiger partial charge in [-0.15, -0.1) is 0 Å². The van der Waals surface area contributed by atoms with E-state index in [4.69, 9.17) is 18.9 Å². The average Bonchev–Trinajstić information content (AvgIpc) is 2.66. The lowest BCUT2D eigenvalue weighted by Crippen LogP contribution is -2.14. The average molecular weight is 357 g/mol. The lowest BCUT2D eigenvalue weighted by molar-refractivity contribution is -0.385. The summed E-state index contributed by atoms with van der Waals surface area (Å²) >= 11 is 0. The normalized spacial score (nSPS) is 13.2. The monoisotopic (exact) mass is 357 g/mol. The van der Waals surface area contributed by atoms with Crippen LogP contribution in [0.1, 0.15) is 23.6 Å². The second kappa shape index (κ2) is 7.88. The summed E-state index contributed by atoms with van der Waals surface area (Å²) in [6.45, 7) is 2.43. The molecule has 1 heterocycles. The topological polar surface area (TPSA) is 80.1 Å². The number of nitrogens with zero attached hydrogens (tertiary/aromatic N) is 1. The molecule has 0 aromatic heterocycles. The van der Waals surface area contributed by atoms with Crippen LogP contribution in [0.2, 0.25) is 0 Å². The van der Waals surface area contributed by atoms with Crippen molar-refractivity contribution in [3.05, 3.63) is 63.2 Å². The van der Waals surface area contributed by atoms with Crippen LogP contribution in [-0.4, -0.2) is 18.8 Å². The standard InChI is InChI=1S/C19H19NO6/c1-3-4-13-5-6-17(18(7-13)23-2)25-11-15-9-16(20(21)22)8-14-10-24-12-26-19(14)15/h3-9H,10-12H2,1-2H3/b4-3+. The van der Waals surface area contributed by atoms with Gasteiger partial charge in [0, 0.05) is 23.3 Å². The summed E-state index contributed by atoms with van der Waals surface area (Å²) in [5.41, 5.74) is 2.20. The molecule has 2 aromatic carbocycles. The van der Waals surface area contributed by atoms with E-state index in [0.717, 1.165) is 5.56 Å². The zero-order valence-electron chi connectivity index (χ0n) is 14.6. The van der Waals surface area contributed by atoms with Crippen LogP contribution in [0.25, 0.3) is 6.08 Å². The lowest BCUT2D eigenvalue weighted by atomic mass is 10.1. The summed E-state index contributed by atoms with van der Waals surface area (Å²) in [6.07, 6.45) is 3.89. The Bertz CT molecular complexity index is 846. The van der Waals surface area contributed by atoms with Gasteiger partial charge in [-0.2, -0.15) is 0 Å². The summed E-state index contributed by atoms with van der Waals surface area (Å²) in [4.78, 5) is 10.7. The van der Waals surface area contributed by atoms with Crippen molar-refractivity contribution >= 4 is 11.8 Å². The molecule has 0 radical (unpaired) electrons. The zero-order valence-corrected chi connectivity index (χ0v) is 14.6. The van der Waals surface area contributed by atoms with Crippen LogP contribution in [0.3, 0.4) is 0 Å². The number of hydrogen-bond acceptors (Lipinski definition) is 6. The van der Waals surface area contributed by atoms with Gasteiger partial charge in [0.1, 0.15) is 12.4 Å². The van der Waals surface area contributed by atoms with E-state index in [1.54, 1.807) is 7.11 Å². The highest BCUT2D eigenvalue weighted by atomic mass is 16.7. The molecule has 2 aromatic rings. The first kappa shape index (κ1) is 17.8. The minimum atomic E-state index is -0.440. The van der Waals surface area contributed by atoms with E-state index in [-0.39, 0.29) is 25.7 Å². The molecule has 0 spiro atoms. The van der Waals surface area contributed by atoms with Crippen LogP contribution < -0.4 is 14.2 Å². The van der Waals surface area contributed by atoms with E-state index in [2.05, 4.69) is 0 Å². The van der Waals surface area contributed by atoms with Gasteiger partial charge in [-0.25, -0.2) is 0 Å². The third-order valence-electron chi connectivity index (χ3n) is 3.91. The molecule has 3 rings (SSSR count). The van der Waals surface area contributed by atoms with Gasteiger partial charge in [0.15, 0.2) is 18.3 Å². The second-order valence-electron chi connectivity index (χ2n) is 5.66. The van der Waals surface area contributed by atoms with Crippen LogP contribution in [0, 0.1) is 10.1 Å². The first-order valence-electron chi connectivity index (χ1n) is 8.06. The van der Waals surface area contributed by atoms with E-state index in [0.29, 0.717) is 28.4 Å². The van der Waals surface area contributed by atoms with Crippen LogP contribution in [0.5, 0.6) is 17.2 Å². The quantitative estimate of drug-likeness (QED) is 0.572. The number of benzene rings is 2. The molecule has 1 aliphatic rings. The Hall–Kier alpha value is -3.06. The van der Waals surface area contributed by atoms with Crippen molar-refractivity contribution in [3.8, 4) is 17.2 Å². The minimum absolute atomic E-state index is 0.0214. The van der Waals surface area contributed by atoms with Crippen molar-refractivity contribution in [1.29, 1.82) is 0 Å². The molecule has 0 amide bonds. The van der Waals surface area contributed by atoms with Crippen molar-refractivity contribution in [2.24, 2.45) is 0 Å². The highest BCUT2D eigenvalue weighted by Crippen LogP contribution is 2.35.